The molecule has 6 nitrogen and oxygen atoms in total. The monoisotopic (exact) mass is 250 g/mol. The fourth-order valence-corrected chi connectivity index (χ4v) is 2.26. The summed E-state index contributed by atoms with van der Waals surface area (Å²) >= 11 is 0. The van der Waals surface area contributed by atoms with Crippen LogP contribution in [0.25, 0.3) is 0 Å². The van der Waals surface area contributed by atoms with E-state index in [1.807, 2.05) is 0 Å². The summed E-state index contributed by atoms with van der Waals surface area (Å²) in [5.41, 5.74) is -0.0407. The number of hydrogen-bond donors (Lipinski definition) is 2. The molecule has 0 bridgehead atoms. The Kier molecular flexibility index (Phi) is 3.45. The van der Waals surface area contributed by atoms with Crippen molar-refractivity contribution in [1.82, 2.24) is 0 Å². The van der Waals surface area contributed by atoms with Crippen LogP contribution in [0.2, 0.25) is 0 Å². The average Bonchev–Trinajstić information content (AvgIpc) is 2.81. The van der Waals surface area contributed by atoms with Crippen molar-refractivity contribution in [2.45, 2.75) is 31.7 Å². The van der Waals surface area contributed by atoms with Crippen LogP contribution in [0.3, 0.4) is 0 Å². The summed E-state index contributed by atoms with van der Waals surface area (Å²) < 4.78 is 0. The van der Waals surface area contributed by atoms with E-state index in [9.17, 15) is 14.9 Å². The zero-order valence-electron chi connectivity index (χ0n) is 9.76. The first kappa shape index (κ1) is 12.3. The predicted octanol–water partition coefficient (Wildman–Crippen LogP) is 2.65. The van der Waals surface area contributed by atoms with Gasteiger partial charge in [-0.15, -0.1) is 0 Å². The summed E-state index contributed by atoms with van der Waals surface area (Å²) in [6.45, 7) is 0. The summed E-state index contributed by atoms with van der Waals surface area (Å²) in [5, 5.41) is 22.9. The molecule has 0 heterocycles. The van der Waals surface area contributed by atoms with Gasteiger partial charge >= 0.3 is 5.97 Å². The molecule has 2 rings (SSSR count). The molecule has 0 unspecified atom stereocenters. The number of hydrogen-bond acceptors (Lipinski definition) is 4. The van der Waals surface area contributed by atoms with Crippen molar-refractivity contribution in [1.29, 1.82) is 0 Å². The van der Waals surface area contributed by atoms with E-state index >= 15 is 0 Å². The van der Waals surface area contributed by atoms with Gasteiger partial charge < -0.3 is 10.4 Å². The lowest BCUT2D eigenvalue weighted by Crippen LogP contribution is -2.15. The standard InChI is InChI=1S/C12H14N2O4/c15-12(16)10-6-5-9(7-11(10)14(17)18)13-8-3-1-2-4-8/h5-8,13H,1-4H2,(H,15,16). The van der Waals surface area contributed by atoms with E-state index in [1.54, 1.807) is 6.07 Å². The first-order valence-electron chi connectivity index (χ1n) is 5.86. The van der Waals surface area contributed by atoms with E-state index in [-0.39, 0.29) is 11.3 Å². The molecule has 2 N–H and O–H groups in total. The van der Waals surface area contributed by atoms with Crippen LogP contribution in [0.15, 0.2) is 18.2 Å². The zero-order valence-corrected chi connectivity index (χ0v) is 9.76. The van der Waals surface area contributed by atoms with E-state index in [2.05, 4.69) is 5.32 Å². The van der Waals surface area contributed by atoms with Crippen molar-refractivity contribution in [3.05, 3.63) is 33.9 Å². The van der Waals surface area contributed by atoms with Gasteiger partial charge in [0.05, 0.1) is 4.92 Å². The summed E-state index contributed by atoms with van der Waals surface area (Å²) in [4.78, 5) is 21.0. The maximum absolute atomic E-state index is 10.9. The van der Waals surface area contributed by atoms with Crippen molar-refractivity contribution >= 4 is 17.3 Å². The van der Waals surface area contributed by atoms with Gasteiger partial charge in [0.1, 0.15) is 5.56 Å². The van der Waals surface area contributed by atoms with E-state index in [0.29, 0.717) is 11.7 Å². The molecular formula is C12H14N2O4. The van der Waals surface area contributed by atoms with E-state index in [4.69, 9.17) is 5.11 Å². The number of carboxylic acid groups (broad SMARTS) is 1. The molecule has 0 spiro atoms. The first-order valence-corrected chi connectivity index (χ1v) is 5.86. The number of nitro groups is 1. The lowest BCUT2D eigenvalue weighted by atomic mass is 10.1. The highest BCUT2D eigenvalue weighted by atomic mass is 16.6. The average molecular weight is 250 g/mol. The van der Waals surface area contributed by atoms with Gasteiger partial charge in [-0.25, -0.2) is 4.79 Å². The van der Waals surface area contributed by atoms with Gasteiger partial charge in [0.15, 0.2) is 0 Å². The molecule has 0 atom stereocenters. The smallest absolute Gasteiger partial charge is 0.342 e. The van der Waals surface area contributed by atoms with Crippen LogP contribution in [0.4, 0.5) is 11.4 Å². The van der Waals surface area contributed by atoms with Crippen LogP contribution < -0.4 is 5.32 Å². The molecular weight excluding hydrogens is 236 g/mol. The summed E-state index contributed by atoms with van der Waals surface area (Å²) in [6, 6.07) is 4.48. The molecule has 0 amide bonds. The highest BCUT2D eigenvalue weighted by Gasteiger charge is 2.21. The Labute approximate surface area is 104 Å². The third-order valence-electron chi connectivity index (χ3n) is 3.15. The summed E-state index contributed by atoms with van der Waals surface area (Å²) in [6.07, 6.45) is 4.42. The Morgan fingerprint density at radius 1 is 1.39 bits per heavy atom. The largest absolute Gasteiger partial charge is 0.477 e. The number of rotatable bonds is 4. The van der Waals surface area contributed by atoms with Crippen molar-refractivity contribution in [3.8, 4) is 0 Å². The van der Waals surface area contributed by atoms with Crippen LogP contribution in [0.5, 0.6) is 0 Å². The summed E-state index contributed by atoms with van der Waals surface area (Å²) in [5.74, 6) is -1.28. The lowest BCUT2D eigenvalue weighted by Gasteiger charge is -2.13. The van der Waals surface area contributed by atoms with E-state index < -0.39 is 10.9 Å². The normalized spacial score (nSPS) is 15.6. The second-order valence-electron chi connectivity index (χ2n) is 4.42. The van der Waals surface area contributed by atoms with Crippen LogP contribution in [0, 0.1) is 10.1 Å². The van der Waals surface area contributed by atoms with Gasteiger partial charge in [0.25, 0.3) is 5.69 Å². The molecule has 1 saturated carbocycles. The van der Waals surface area contributed by atoms with Crippen LogP contribution >= 0.6 is 0 Å². The lowest BCUT2D eigenvalue weighted by molar-refractivity contribution is -0.385. The Bertz CT molecular complexity index is 481. The third-order valence-corrected chi connectivity index (χ3v) is 3.15. The van der Waals surface area contributed by atoms with Gasteiger partial charge in [-0.2, -0.15) is 0 Å². The third kappa shape index (κ3) is 2.58. The molecule has 18 heavy (non-hydrogen) atoms. The molecule has 0 saturated heterocycles. The molecule has 96 valence electrons. The van der Waals surface area contributed by atoms with Crippen molar-refractivity contribution in [3.63, 3.8) is 0 Å². The highest BCUT2D eigenvalue weighted by Crippen LogP contribution is 2.27. The van der Waals surface area contributed by atoms with Gasteiger partial charge in [-0.3, -0.25) is 10.1 Å². The van der Waals surface area contributed by atoms with Crippen LogP contribution in [0.1, 0.15) is 36.0 Å². The minimum absolute atomic E-state index is 0.281. The molecule has 1 aliphatic rings. The second kappa shape index (κ2) is 5.03. The number of carbonyl (C=O) groups is 1. The highest BCUT2D eigenvalue weighted by molar-refractivity contribution is 5.93. The van der Waals surface area contributed by atoms with Gasteiger partial charge in [-0.05, 0) is 25.0 Å². The molecule has 1 aromatic carbocycles. The Morgan fingerprint density at radius 3 is 2.61 bits per heavy atom. The minimum atomic E-state index is -1.28. The van der Waals surface area contributed by atoms with Gasteiger partial charge in [0.2, 0.25) is 0 Å². The maximum Gasteiger partial charge on any atom is 0.342 e. The molecule has 0 radical (unpaired) electrons. The molecule has 1 fully saturated rings. The molecule has 0 aromatic heterocycles. The molecule has 1 aliphatic carbocycles. The number of aromatic carboxylic acids is 1. The summed E-state index contributed by atoms with van der Waals surface area (Å²) in [7, 11) is 0. The molecule has 1 aromatic rings. The predicted molar refractivity (Wildman–Crippen MR) is 65.9 cm³/mol. The number of benzene rings is 1. The maximum atomic E-state index is 10.9. The Morgan fingerprint density at radius 2 is 2.06 bits per heavy atom. The van der Waals surface area contributed by atoms with E-state index in [0.717, 1.165) is 25.7 Å². The number of nitrogens with zero attached hydrogens (tertiary/aromatic N) is 1. The Hall–Kier alpha value is -2.11. The van der Waals surface area contributed by atoms with Crippen molar-refractivity contribution < 1.29 is 14.8 Å². The minimum Gasteiger partial charge on any atom is -0.477 e. The van der Waals surface area contributed by atoms with Crippen LogP contribution in [-0.4, -0.2) is 22.0 Å². The zero-order chi connectivity index (χ0) is 13.1. The van der Waals surface area contributed by atoms with Crippen molar-refractivity contribution in [2.24, 2.45) is 0 Å². The van der Waals surface area contributed by atoms with Crippen LogP contribution in [-0.2, 0) is 0 Å². The SMILES string of the molecule is O=C(O)c1ccc(NC2CCCC2)cc1[N+](=O)[O-]. The number of nitrogens with one attached hydrogen (secondary N) is 1. The number of carboxylic acids is 1. The Balaban J connectivity index is 2.24. The molecule has 6 heteroatoms. The van der Waals surface area contributed by atoms with Gasteiger partial charge in [0, 0.05) is 17.8 Å². The second-order valence-corrected chi connectivity index (χ2v) is 4.42. The van der Waals surface area contributed by atoms with Gasteiger partial charge in [-0.1, -0.05) is 12.8 Å². The fraction of sp³-hybridized carbons (Fsp3) is 0.417. The van der Waals surface area contributed by atoms with E-state index in [1.165, 1.54) is 12.1 Å². The number of nitro benzene ring substituents is 1. The first-order chi connectivity index (χ1) is 8.58. The number of anilines is 1. The molecule has 0 aliphatic heterocycles. The topological polar surface area (TPSA) is 92.5 Å². The van der Waals surface area contributed by atoms with Crippen molar-refractivity contribution in [2.75, 3.05) is 5.32 Å². The fourth-order valence-electron chi connectivity index (χ4n) is 2.26. The quantitative estimate of drug-likeness (QED) is 0.633.